The first-order valence-electron chi connectivity index (χ1n) is 9.50. The summed E-state index contributed by atoms with van der Waals surface area (Å²) in [5.41, 5.74) is 1.81. The predicted molar refractivity (Wildman–Crippen MR) is 117 cm³/mol. The number of amides is 1. The van der Waals surface area contributed by atoms with Gasteiger partial charge in [0.2, 0.25) is 10.8 Å². The maximum Gasteiger partial charge on any atom is 0.374 e. The Labute approximate surface area is 186 Å². The van der Waals surface area contributed by atoms with Crippen molar-refractivity contribution in [3.8, 4) is 11.5 Å². The number of anilines is 1. The third-order valence-electron chi connectivity index (χ3n) is 4.66. The molecule has 0 aliphatic carbocycles. The van der Waals surface area contributed by atoms with Gasteiger partial charge in [0.15, 0.2) is 5.01 Å². The molecule has 0 unspecified atom stereocenters. The number of nitrogens with zero attached hydrogens (tertiary/aromatic N) is 2. The van der Waals surface area contributed by atoms with Gasteiger partial charge in [0.1, 0.15) is 23.7 Å². The molecule has 1 N–H and O–H groups in total. The van der Waals surface area contributed by atoms with Crippen molar-refractivity contribution < 1.29 is 28.2 Å². The topological polar surface area (TPSA) is 113 Å². The van der Waals surface area contributed by atoms with Crippen LogP contribution in [0.5, 0.6) is 11.5 Å². The SMILES string of the molecule is COc1ccc(NC(=O)c2nnc(COC(=O)c3oc4ccc(OC)cc4c3C)s2)cc1. The predicted octanol–water partition coefficient (Wildman–Crippen LogP) is 4.22. The Morgan fingerprint density at radius 3 is 2.47 bits per heavy atom. The molecule has 2 heterocycles. The number of esters is 1. The van der Waals surface area contributed by atoms with Gasteiger partial charge in [-0.1, -0.05) is 11.3 Å². The highest BCUT2D eigenvalue weighted by Crippen LogP contribution is 2.29. The molecule has 10 heteroatoms. The highest BCUT2D eigenvalue weighted by molar-refractivity contribution is 7.13. The molecule has 9 nitrogen and oxygen atoms in total. The normalized spacial score (nSPS) is 10.7. The van der Waals surface area contributed by atoms with E-state index in [1.807, 2.05) is 0 Å². The minimum atomic E-state index is -0.628. The van der Waals surface area contributed by atoms with E-state index in [2.05, 4.69) is 15.5 Å². The summed E-state index contributed by atoms with van der Waals surface area (Å²) in [4.78, 5) is 24.9. The van der Waals surface area contributed by atoms with Crippen molar-refractivity contribution in [1.82, 2.24) is 10.2 Å². The average Bonchev–Trinajstić information content (AvgIpc) is 3.42. The second-order valence-electron chi connectivity index (χ2n) is 6.68. The fraction of sp³-hybridized carbons (Fsp3) is 0.182. The molecule has 164 valence electrons. The van der Waals surface area contributed by atoms with Gasteiger partial charge in [0, 0.05) is 16.6 Å². The molecule has 1 amide bonds. The number of hydrogen-bond donors (Lipinski definition) is 1. The van der Waals surface area contributed by atoms with Crippen molar-refractivity contribution in [1.29, 1.82) is 0 Å². The second kappa shape index (κ2) is 9.06. The molecule has 2 aromatic carbocycles. The molecule has 32 heavy (non-hydrogen) atoms. The third kappa shape index (κ3) is 4.40. The molecule has 0 saturated heterocycles. The Balaban J connectivity index is 1.39. The molecule has 0 radical (unpaired) electrons. The van der Waals surface area contributed by atoms with E-state index in [9.17, 15) is 9.59 Å². The Bertz CT molecular complexity index is 1280. The van der Waals surface area contributed by atoms with Gasteiger partial charge in [-0.25, -0.2) is 4.79 Å². The minimum Gasteiger partial charge on any atom is -0.497 e. The molecule has 0 spiro atoms. The molecule has 4 aromatic rings. The number of carbonyl (C=O) groups is 2. The zero-order valence-electron chi connectivity index (χ0n) is 17.5. The van der Waals surface area contributed by atoms with Gasteiger partial charge in [-0.3, -0.25) is 4.79 Å². The van der Waals surface area contributed by atoms with Gasteiger partial charge in [0.25, 0.3) is 5.91 Å². The summed E-state index contributed by atoms with van der Waals surface area (Å²) in [5.74, 6) is 0.414. The van der Waals surface area contributed by atoms with Crippen molar-refractivity contribution in [2.24, 2.45) is 0 Å². The van der Waals surface area contributed by atoms with Crippen molar-refractivity contribution in [2.75, 3.05) is 19.5 Å². The molecule has 0 bridgehead atoms. The summed E-state index contributed by atoms with van der Waals surface area (Å²) < 4.78 is 21.3. The van der Waals surface area contributed by atoms with Crippen LogP contribution in [0.4, 0.5) is 5.69 Å². The van der Waals surface area contributed by atoms with Crippen LogP contribution in [0.1, 0.15) is 30.9 Å². The fourth-order valence-corrected chi connectivity index (χ4v) is 3.63. The Hall–Kier alpha value is -3.92. The van der Waals surface area contributed by atoms with Crippen LogP contribution >= 0.6 is 11.3 Å². The van der Waals surface area contributed by atoms with Crippen LogP contribution in [-0.4, -0.2) is 36.3 Å². The van der Waals surface area contributed by atoms with Crippen molar-refractivity contribution in [3.05, 3.63) is 63.8 Å². The molecular formula is C22H19N3O6S. The van der Waals surface area contributed by atoms with Gasteiger partial charge in [-0.2, -0.15) is 0 Å². The lowest BCUT2D eigenvalue weighted by Gasteiger charge is -2.04. The number of carbonyl (C=O) groups excluding carboxylic acids is 2. The van der Waals surface area contributed by atoms with Crippen LogP contribution < -0.4 is 14.8 Å². The number of nitrogens with one attached hydrogen (secondary N) is 1. The third-order valence-corrected chi connectivity index (χ3v) is 5.56. The number of methoxy groups -OCH3 is 2. The number of hydrogen-bond acceptors (Lipinski definition) is 9. The zero-order valence-corrected chi connectivity index (χ0v) is 18.3. The van der Waals surface area contributed by atoms with E-state index in [4.69, 9.17) is 18.6 Å². The van der Waals surface area contributed by atoms with Gasteiger partial charge in [-0.05, 0) is 49.4 Å². The monoisotopic (exact) mass is 453 g/mol. The van der Waals surface area contributed by atoms with Crippen molar-refractivity contribution in [2.45, 2.75) is 13.5 Å². The number of rotatable bonds is 7. The highest BCUT2D eigenvalue weighted by atomic mass is 32.1. The number of aromatic nitrogens is 2. The van der Waals surface area contributed by atoms with Crippen LogP contribution in [0.2, 0.25) is 0 Å². The number of benzene rings is 2. The van der Waals surface area contributed by atoms with Crippen LogP contribution in [-0.2, 0) is 11.3 Å². The van der Waals surface area contributed by atoms with E-state index < -0.39 is 11.9 Å². The highest BCUT2D eigenvalue weighted by Gasteiger charge is 2.21. The Morgan fingerprint density at radius 2 is 1.75 bits per heavy atom. The van der Waals surface area contributed by atoms with E-state index in [0.717, 1.165) is 16.7 Å². The lowest BCUT2D eigenvalue weighted by molar-refractivity contribution is 0.0436. The average molecular weight is 453 g/mol. The minimum absolute atomic E-state index is 0.107. The summed E-state index contributed by atoms with van der Waals surface area (Å²) >= 11 is 1.04. The lowest BCUT2D eigenvalue weighted by atomic mass is 10.1. The van der Waals surface area contributed by atoms with E-state index in [1.165, 1.54) is 0 Å². The van der Waals surface area contributed by atoms with E-state index in [0.29, 0.717) is 33.3 Å². The maximum atomic E-state index is 12.5. The largest absolute Gasteiger partial charge is 0.497 e. The van der Waals surface area contributed by atoms with Crippen molar-refractivity contribution in [3.63, 3.8) is 0 Å². The zero-order chi connectivity index (χ0) is 22.7. The van der Waals surface area contributed by atoms with Gasteiger partial charge in [0.05, 0.1) is 14.2 Å². The second-order valence-corrected chi connectivity index (χ2v) is 7.74. The quantitative estimate of drug-likeness (QED) is 0.414. The summed E-state index contributed by atoms with van der Waals surface area (Å²) in [6.45, 7) is 1.64. The number of furan rings is 1. The molecule has 0 aliphatic heterocycles. The summed E-state index contributed by atoms with van der Waals surface area (Å²) in [7, 11) is 3.13. The molecule has 0 atom stereocenters. The summed E-state index contributed by atoms with van der Waals surface area (Å²) in [6, 6.07) is 12.2. The lowest BCUT2D eigenvalue weighted by Crippen LogP contribution is -2.11. The van der Waals surface area contributed by atoms with Crippen LogP contribution in [0.3, 0.4) is 0 Å². The van der Waals surface area contributed by atoms with E-state index >= 15 is 0 Å². The molecule has 0 fully saturated rings. The van der Waals surface area contributed by atoms with Crippen LogP contribution in [0, 0.1) is 6.92 Å². The summed E-state index contributed by atoms with van der Waals surface area (Å²) in [5, 5.41) is 11.8. The van der Waals surface area contributed by atoms with Gasteiger partial charge in [-0.15, -0.1) is 10.2 Å². The van der Waals surface area contributed by atoms with Crippen LogP contribution in [0.25, 0.3) is 11.0 Å². The summed E-state index contributed by atoms with van der Waals surface area (Å²) in [6.07, 6.45) is 0. The molecule has 0 saturated carbocycles. The van der Waals surface area contributed by atoms with Gasteiger partial charge >= 0.3 is 5.97 Å². The maximum absolute atomic E-state index is 12.5. The standard InChI is InChI=1S/C22H19N3O6S/c1-12-16-10-15(29-3)8-9-17(16)31-19(12)22(27)30-11-18-24-25-21(32-18)20(26)23-13-4-6-14(28-2)7-5-13/h4-10H,11H2,1-3H3,(H,23,26). The number of ether oxygens (including phenoxy) is 3. The fourth-order valence-electron chi connectivity index (χ4n) is 2.98. The van der Waals surface area contributed by atoms with Crippen LogP contribution in [0.15, 0.2) is 46.9 Å². The van der Waals surface area contributed by atoms with E-state index in [1.54, 1.807) is 63.6 Å². The van der Waals surface area contributed by atoms with Gasteiger partial charge < -0.3 is 23.9 Å². The smallest absolute Gasteiger partial charge is 0.374 e. The first-order chi connectivity index (χ1) is 15.5. The first kappa shape index (κ1) is 21.3. The Kier molecular flexibility index (Phi) is 6.04. The molecule has 4 rings (SSSR count). The Morgan fingerprint density at radius 1 is 1.03 bits per heavy atom. The number of fused-ring (bicyclic) bond motifs is 1. The van der Waals surface area contributed by atoms with Crippen molar-refractivity contribution >= 4 is 39.9 Å². The van der Waals surface area contributed by atoms with E-state index in [-0.39, 0.29) is 17.4 Å². The number of aryl methyl sites for hydroxylation is 1. The first-order valence-corrected chi connectivity index (χ1v) is 10.3. The molecular weight excluding hydrogens is 434 g/mol. The molecule has 0 aliphatic rings. The molecule has 2 aromatic heterocycles.